The molecule has 0 saturated heterocycles. The van der Waals surface area contributed by atoms with Crippen LogP contribution in [-0.4, -0.2) is 0 Å². The van der Waals surface area contributed by atoms with Crippen LogP contribution in [0.3, 0.4) is 0 Å². The zero-order chi connectivity index (χ0) is 12.0. The van der Waals surface area contributed by atoms with Gasteiger partial charge in [-0.15, -0.1) is 0 Å². The first-order chi connectivity index (χ1) is 6.93. The summed E-state index contributed by atoms with van der Waals surface area (Å²) in [6, 6.07) is 0. The summed E-state index contributed by atoms with van der Waals surface area (Å²) >= 11 is 0. The molecule has 0 N–H and O–H groups in total. The first-order valence-corrected chi connectivity index (χ1v) is 6.93. The van der Waals surface area contributed by atoms with Crippen LogP contribution in [0.2, 0.25) is 0 Å². The van der Waals surface area contributed by atoms with Crippen molar-refractivity contribution in [2.45, 2.75) is 67.7 Å². The average Bonchev–Trinajstić information content (AvgIpc) is 2.16. The lowest BCUT2D eigenvalue weighted by Gasteiger charge is -2.30. The van der Waals surface area contributed by atoms with Crippen LogP contribution in [0.1, 0.15) is 67.7 Å². The molecule has 0 rings (SSSR count). The van der Waals surface area contributed by atoms with Gasteiger partial charge in [-0.05, 0) is 36.0 Å². The van der Waals surface area contributed by atoms with Crippen molar-refractivity contribution in [3.8, 4) is 0 Å². The first kappa shape index (κ1) is 15.0. The van der Waals surface area contributed by atoms with Crippen molar-refractivity contribution in [3.05, 3.63) is 0 Å². The molecule has 0 heteroatoms. The summed E-state index contributed by atoms with van der Waals surface area (Å²) in [6.07, 6.45) is 4.07. The molecule has 0 spiro atoms. The molecule has 0 heterocycles. The van der Waals surface area contributed by atoms with Gasteiger partial charge in [-0.3, -0.25) is 0 Å². The fourth-order valence-corrected chi connectivity index (χ4v) is 2.93. The van der Waals surface area contributed by atoms with Gasteiger partial charge in [-0.25, -0.2) is 0 Å². The lowest BCUT2D eigenvalue weighted by Crippen LogP contribution is -2.21. The van der Waals surface area contributed by atoms with Crippen LogP contribution in [0.25, 0.3) is 0 Å². The van der Waals surface area contributed by atoms with Crippen LogP contribution in [0.5, 0.6) is 0 Å². The molecule has 0 amide bonds. The Morgan fingerprint density at radius 2 is 1.20 bits per heavy atom. The van der Waals surface area contributed by atoms with E-state index in [9.17, 15) is 0 Å². The minimum Gasteiger partial charge on any atom is -0.0651 e. The Bertz CT molecular complexity index is 148. The van der Waals surface area contributed by atoms with Gasteiger partial charge in [0, 0.05) is 0 Å². The maximum absolute atomic E-state index is 2.45. The third kappa shape index (κ3) is 5.04. The van der Waals surface area contributed by atoms with Gasteiger partial charge in [0.05, 0.1) is 0 Å². The molecular weight excluding hydrogens is 180 g/mol. The van der Waals surface area contributed by atoms with E-state index in [1.165, 1.54) is 19.3 Å². The fraction of sp³-hybridized carbons (Fsp3) is 1.00. The van der Waals surface area contributed by atoms with Crippen LogP contribution in [0, 0.1) is 29.6 Å². The molecule has 15 heavy (non-hydrogen) atoms. The van der Waals surface area contributed by atoms with Crippen molar-refractivity contribution in [1.82, 2.24) is 0 Å². The summed E-state index contributed by atoms with van der Waals surface area (Å²) < 4.78 is 0. The zero-order valence-electron chi connectivity index (χ0n) is 12.0. The number of hydrogen-bond acceptors (Lipinski definition) is 0. The van der Waals surface area contributed by atoms with Crippen molar-refractivity contribution in [2.24, 2.45) is 29.6 Å². The van der Waals surface area contributed by atoms with Crippen molar-refractivity contribution >= 4 is 0 Å². The van der Waals surface area contributed by atoms with Crippen molar-refractivity contribution in [1.29, 1.82) is 0 Å². The lowest BCUT2D eigenvalue weighted by atomic mass is 9.76. The van der Waals surface area contributed by atoms with Crippen LogP contribution in [0.15, 0.2) is 0 Å². The molecule has 0 aliphatic carbocycles. The molecule has 0 nitrogen and oxygen atoms in total. The summed E-state index contributed by atoms with van der Waals surface area (Å²) in [5.74, 6) is 4.42. The van der Waals surface area contributed by atoms with E-state index < -0.39 is 0 Å². The summed E-state index contributed by atoms with van der Waals surface area (Å²) in [4.78, 5) is 0. The molecule has 0 saturated carbocycles. The second-order valence-electron chi connectivity index (χ2n) is 5.89. The number of rotatable bonds is 7. The molecule has 0 aromatic rings. The van der Waals surface area contributed by atoms with Gasteiger partial charge in [0.2, 0.25) is 0 Å². The Kier molecular flexibility index (Phi) is 7.30. The molecule has 0 aromatic heterocycles. The minimum atomic E-state index is 0.842. The van der Waals surface area contributed by atoms with Crippen molar-refractivity contribution in [2.75, 3.05) is 0 Å². The van der Waals surface area contributed by atoms with E-state index in [0.717, 1.165) is 29.6 Å². The number of hydrogen-bond donors (Lipinski definition) is 0. The second kappa shape index (κ2) is 7.30. The van der Waals surface area contributed by atoms with Crippen LogP contribution < -0.4 is 0 Å². The Hall–Kier alpha value is 0. The van der Waals surface area contributed by atoms with Crippen molar-refractivity contribution in [3.63, 3.8) is 0 Å². The highest BCUT2D eigenvalue weighted by Gasteiger charge is 2.22. The summed E-state index contributed by atoms with van der Waals surface area (Å²) in [7, 11) is 0. The fourth-order valence-electron chi connectivity index (χ4n) is 2.93. The summed E-state index contributed by atoms with van der Waals surface area (Å²) in [5, 5.41) is 0. The van der Waals surface area contributed by atoms with Crippen LogP contribution in [-0.2, 0) is 0 Å². The largest absolute Gasteiger partial charge is 0.0651 e. The molecule has 92 valence electrons. The molecule has 0 fully saturated rings. The van der Waals surface area contributed by atoms with Crippen LogP contribution >= 0.6 is 0 Å². The highest BCUT2D eigenvalue weighted by molar-refractivity contribution is 4.72. The van der Waals surface area contributed by atoms with Crippen molar-refractivity contribution < 1.29 is 0 Å². The van der Waals surface area contributed by atoms with Gasteiger partial charge >= 0.3 is 0 Å². The van der Waals surface area contributed by atoms with E-state index >= 15 is 0 Å². The maximum Gasteiger partial charge on any atom is -0.0368 e. The Balaban J connectivity index is 4.15. The van der Waals surface area contributed by atoms with E-state index in [-0.39, 0.29) is 0 Å². The molecule has 0 radical (unpaired) electrons. The highest BCUT2D eigenvalue weighted by Crippen LogP contribution is 2.31. The SMILES string of the molecule is CCC(C)C(C)CC(C)C(CC)C(C)C. The second-order valence-corrected chi connectivity index (χ2v) is 5.89. The van der Waals surface area contributed by atoms with Gasteiger partial charge in [-0.2, -0.15) is 0 Å². The smallest absolute Gasteiger partial charge is 0.0368 e. The van der Waals surface area contributed by atoms with Gasteiger partial charge in [0.25, 0.3) is 0 Å². The predicted molar refractivity (Wildman–Crippen MR) is 71.0 cm³/mol. The van der Waals surface area contributed by atoms with Crippen LogP contribution in [0.4, 0.5) is 0 Å². The lowest BCUT2D eigenvalue weighted by molar-refractivity contribution is 0.201. The Labute approximate surface area is 97.8 Å². The highest BCUT2D eigenvalue weighted by atomic mass is 14.3. The quantitative estimate of drug-likeness (QED) is 0.531. The van der Waals surface area contributed by atoms with E-state index in [1.54, 1.807) is 0 Å². The van der Waals surface area contributed by atoms with E-state index in [0.29, 0.717) is 0 Å². The summed E-state index contributed by atoms with van der Waals surface area (Å²) in [6.45, 7) is 16.7. The zero-order valence-corrected chi connectivity index (χ0v) is 12.0. The normalized spacial score (nSPS) is 20.0. The predicted octanol–water partition coefficient (Wildman–Crippen LogP) is 5.38. The summed E-state index contributed by atoms with van der Waals surface area (Å²) in [5.41, 5.74) is 0. The molecular formula is C15H32. The Morgan fingerprint density at radius 1 is 0.667 bits per heavy atom. The molecule has 4 atom stereocenters. The monoisotopic (exact) mass is 212 g/mol. The average molecular weight is 212 g/mol. The van der Waals surface area contributed by atoms with E-state index in [1.807, 2.05) is 0 Å². The molecule has 0 bridgehead atoms. The first-order valence-electron chi connectivity index (χ1n) is 6.93. The molecule has 0 aliphatic rings. The molecule has 4 unspecified atom stereocenters. The Morgan fingerprint density at radius 3 is 1.53 bits per heavy atom. The maximum atomic E-state index is 2.45. The standard InChI is InChI=1S/C15H32/c1-8-12(5)13(6)10-14(7)15(9-2)11(3)4/h11-15H,8-10H2,1-7H3. The minimum absolute atomic E-state index is 0.842. The topological polar surface area (TPSA) is 0 Å². The molecule has 0 aromatic carbocycles. The molecule has 0 aliphatic heterocycles. The third-order valence-electron chi connectivity index (χ3n) is 4.42. The van der Waals surface area contributed by atoms with Gasteiger partial charge in [0.1, 0.15) is 0 Å². The van der Waals surface area contributed by atoms with E-state index in [4.69, 9.17) is 0 Å². The van der Waals surface area contributed by atoms with E-state index in [2.05, 4.69) is 48.5 Å². The third-order valence-corrected chi connectivity index (χ3v) is 4.42. The van der Waals surface area contributed by atoms with Gasteiger partial charge in [-0.1, -0.05) is 61.3 Å². The van der Waals surface area contributed by atoms with Gasteiger partial charge in [0.15, 0.2) is 0 Å². The van der Waals surface area contributed by atoms with Gasteiger partial charge < -0.3 is 0 Å².